The smallest absolute Gasteiger partial charge is 0.319 e. The van der Waals surface area contributed by atoms with Crippen LogP contribution in [0.3, 0.4) is 0 Å². The van der Waals surface area contributed by atoms with Crippen molar-refractivity contribution in [2.24, 2.45) is 0 Å². The molecule has 2 aromatic rings. The van der Waals surface area contributed by atoms with Crippen molar-refractivity contribution in [3.8, 4) is 11.4 Å². The van der Waals surface area contributed by atoms with Crippen LogP contribution in [0.1, 0.15) is 40.3 Å². The molecule has 1 aromatic carbocycles. The van der Waals surface area contributed by atoms with E-state index < -0.39 is 0 Å². The molecule has 0 radical (unpaired) electrons. The summed E-state index contributed by atoms with van der Waals surface area (Å²) in [5, 5.41) is 5.74. The molecule has 2 amide bonds. The van der Waals surface area contributed by atoms with Crippen molar-refractivity contribution >= 4 is 29.3 Å². The largest absolute Gasteiger partial charge is 0.378 e. The van der Waals surface area contributed by atoms with Gasteiger partial charge in [0.1, 0.15) is 5.82 Å². The molecule has 0 bridgehead atoms. The highest BCUT2D eigenvalue weighted by molar-refractivity contribution is 8.01. The summed E-state index contributed by atoms with van der Waals surface area (Å²) in [6, 6.07) is 9.61. The highest BCUT2D eigenvalue weighted by atomic mass is 32.2. The zero-order chi connectivity index (χ0) is 25.6. The standard InChI is InChI=1S/C26H40N6O2S/c1-25(2,3)35-26(4,5)21-18-22(32-14-16-34-17-15-32)30-23(29-21)19-8-10-20(11-9-19)28-24(33)27-12-13-31(6)7/h8-11,18H,12-17H2,1-7H3,(H2,27,28,33). The minimum Gasteiger partial charge on any atom is -0.378 e. The normalized spacial score (nSPS) is 14.8. The summed E-state index contributed by atoms with van der Waals surface area (Å²) in [5.41, 5.74) is 2.65. The Balaban J connectivity index is 1.85. The Labute approximate surface area is 214 Å². The topological polar surface area (TPSA) is 82.6 Å². The van der Waals surface area contributed by atoms with Gasteiger partial charge in [-0.15, -0.1) is 11.8 Å². The van der Waals surface area contributed by atoms with Gasteiger partial charge in [0, 0.05) is 48.2 Å². The first kappa shape index (κ1) is 27.2. The number of hydrogen-bond acceptors (Lipinski definition) is 7. The number of anilines is 2. The summed E-state index contributed by atoms with van der Waals surface area (Å²) < 4.78 is 5.45. The first-order valence-corrected chi connectivity index (χ1v) is 13.0. The second-order valence-electron chi connectivity index (χ2n) is 10.5. The van der Waals surface area contributed by atoms with Gasteiger partial charge in [-0.25, -0.2) is 14.8 Å². The van der Waals surface area contributed by atoms with Crippen molar-refractivity contribution in [2.75, 3.05) is 63.7 Å². The van der Waals surface area contributed by atoms with E-state index in [-0.39, 0.29) is 15.5 Å². The molecule has 3 rings (SSSR count). The van der Waals surface area contributed by atoms with Gasteiger partial charge in [0.25, 0.3) is 0 Å². The number of carbonyl (C=O) groups excluding carboxylic acids is 1. The Bertz CT molecular complexity index is 982. The van der Waals surface area contributed by atoms with Crippen LogP contribution in [0.2, 0.25) is 0 Å². The Hall–Kier alpha value is -2.36. The number of carbonyl (C=O) groups is 1. The molecule has 35 heavy (non-hydrogen) atoms. The Morgan fingerprint density at radius 2 is 1.74 bits per heavy atom. The number of thioether (sulfide) groups is 1. The number of nitrogens with one attached hydrogen (secondary N) is 2. The van der Waals surface area contributed by atoms with Crippen LogP contribution in [-0.2, 0) is 9.48 Å². The molecule has 1 aliphatic heterocycles. The Morgan fingerprint density at radius 1 is 1.09 bits per heavy atom. The van der Waals surface area contributed by atoms with E-state index >= 15 is 0 Å². The summed E-state index contributed by atoms with van der Waals surface area (Å²) in [5.74, 6) is 1.62. The van der Waals surface area contributed by atoms with Crippen LogP contribution in [0.5, 0.6) is 0 Å². The van der Waals surface area contributed by atoms with Gasteiger partial charge in [-0.2, -0.15) is 0 Å². The molecule has 9 heteroatoms. The zero-order valence-electron chi connectivity index (χ0n) is 22.1. The predicted octanol–water partition coefficient (Wildman–Crippen LogP) is 4.43. The van der Waals surface area contributed by atoms with Crippen LogP contribution in [-0.4, -0.2) is 79.1 Å². The third kappa shape index (κ3) is 8.37. The highest BCUT2D eigenvalue weighted by Gasteiger charge is 2.31. The van der Waals surface area contributed by atoms with E-state index in [1.807, 2.05) is 55.0 Å². The molecule has 1 fully saturated rings. The van der Waals surface area contributed by atoms with Crippen LogP contribution >= 0.6 is 11.8 Å². The van der Waals surface area contributed by atoms with Crippen molar-refractivity contribution in [3.05, 3.63) is 36.0 Å². The first-order chi connectivity index (χ1) is 16.4. The van der Waals surface area contributed by atoms with Crippen LogP contribution in [0, 0.1) is 0 Å². The van der Waals surface area contributed by atoms with E-state index in [4.69, 9.17) is 14.7 Å². The Kier molecular flexibility index (Phi) is 9.01. The summed E-state index contributed by atoms with van der Waals surface area (Å²) in [7, 11) is 3.95. The fourth-order valence-corrected chi connectivity index (χ4v) is 5.66. The molecule has 1 aliphatic rings. The van der Waals surface area contributed by atoms with Crippen molar-refractivity contribution in [3.63, 3.8) is 0 Å². The number of amides is 2. The number of rotatable bonds is 8. The molecule has 1 aromatic heterocycles. The molecule has 0 saturated carbocycles. The maximum absolute atomic E-state index is 12.2. The highest BCUT2D eigenvalue weighted by Crippen LogP contribution is 2.43. The van der Waals surface area contributed by atoms with Crippen molar-refractivity contribution in [2.45, 2.75) is 44.1 Å². The molecule has 2 heterocycles. The molecular formula is C26H40N6O2S. The van der Waals surface area contributed by atoms with Crippen molar-refractivity contribution in [1.82, 2.24) is 20.2 Å². The average Bonchev–Trinajstić information content (AvgIpc) is 2.78. The number of likely N-dealkylation sites (N-methyl/N-ethyl adjacent to an activating group) is 1. The lowest BCUT2D eigenvalue weighted by atomic mass is 10.1. The molecule has 0 unspecified atom stereocenters. The van der Waals surface area contributed by atoms with Crippen molar-refractivity contribution < 1.29 is 9.53 Å². The van der Waals surface area contributed by atoms with Crippen LogP contribution in [0.25, 0.3) is 11.4 Å². The van der Waals surface area contributed by atoms with E-state index in [2.05, 4.69) is 56.2 Å². The van der Waals surface area contributed by atoms with Crippen molar-refractivity contribution in [1.29, 1.82) is 0 Å². The molecule has 1 saturated heterocycles. The maximum atomic E-state index is 12.2. The SMILES string of the molecule is CN(C)CCNC(=O)Nc1ccc(-c2nc(N3CCOCC3)cc(C(C)(C)SC(C)(C)C)n2)cc1. The molecule has 0 aliphatic carbocycles. The third-order valence-corrected chi connectivity index (χ3v) is 6.80. The average molecular weight is 501 g/mol. The summed E-state index contributed by atoms with van der Waals surface area (Å²) >= 11 is 1.90. The van der Waals surface area contributed by atoms with Crippen LogP contribution in [0.15, 0.2) is 30.3 Å². The minimum absolute atomic E-state index is 0.0914. The molecule has 192 valence electrons. The van der Waals surface area contributed by atoms with E-state index in [9.17, 15) is 4.79 Å². The van der Waals surface area contributed by atoms with Gasteiger partial charge in [0.05, 0.1) is 23.7 Å². The fourth-order valence-electron chi connectivity index (χ4n) is 3.92. The predicted molar refractivity (Wildman–Crippen MR) is 146 cm³/mol. The van der Waals surface area contributed by atoms with E-state index in [1.165, 1.54) is 0 Å². The zero-order valence-corrected chi connectivity index (χ0v) is 23.0. The van der Waals surface area contributed by atoms with Gasteiger partial charge in [0.2, 0.25) is 0 Å². The van der Waals surface area contributed by atoms with Crippen LogP contribution in [0.4, 0.5) is 16.3 Å². The van der Waals surface area contributed by atoms with Gasteiger partial charge in [0.15, 0.2) is 5.82 Å². The third-order valence-electron chi connectivity index (χ3n) is 5.47. The molecule has 8 nitrogen and oxygen atoms in total. The first-order valence-electron chi connectivity index (χ1n) is 12.2. The number of nitrogens with zero attached hydrogens (tertiary/aromatic N) is 4. The molecule has 2 N–H and O–H groups in total. The van der Waals surface area contributed by atoms with Gasteiger partial charge < -0.3 is 25.2 Å². The second kappa shape index (κ2) is 11.6. The van der Waals surface area contributed by atoms with Gasteiger partial charge >= 0.3 is 6.03 Å². The molecule has 0 spiro atoms. The number of aromatic nitrogens is 2. The maximum Gasteiger partial charge on any atom is 0.319 e. The van der Waals surface area contributed by atoms with E-state index in [1.54, 1.807) is 0 Å². The van der Waals surface area contributed by atoms with Gasteiger partial charge in [-0.05, 0) is 52.2 Å². The van der Waals surface area contributed by atoms with Crippen LogP contribution < -0.4 is 15.5 Å². The lowest BCUT2D eigenvalue weighted by molar-refractivity contribution is 0.122. The van der Waals surface area contributed by atoms with Gasteiger partial charge in [-0.3, -0.25) is 0 Å². The lowest BCUT2D eigenvalue weighted by Crippen LogP contribution is -2.37. The quantitative estimate of drug-likeness (QED) is 0.555. The molecular weight excluding hydrogens is 460 g/mol. The number of benzene rings is 1. The fraction of sp³-hybridized carbons (Fsp3) is 0.577. The summed E-state index contributed by atoms with van der Waals surface area (Å²) in [6.45, 7) is 15.5. The monoisotopic (exact) mass is 500 g/mol. The number of ether oxygens (including phenoxy) is 1. The number of urea groups is 1. The number of hydrogen-bond donors (Lipinski definition) is 2. The summed E-state index contributed by atoms with van der Waals surface area (Å²) in [4.78, 5) is 26.4. The van der Waals surface area contributed by atoms with Gasteiger partial charge in [-0.1, -0.05) is 20.8 Å². The summed E-state index contributed by atoms with van der Waals surface area (Å²) in [6.07, 6.45) is 0. The van der Waals surface area contributed by atoms with E-state index in [0.717, 1.165) is 42.4 Å². The van der Waals surface area contributed by atoms with E-state index in [0.29, 0.717) is 25.6 Å². The minimum atomic E-state index is -0.214. The molecule has 0 atom stereocenters. The number of morpholine rings is 1. The Morgan fingerprint density at radius 3 is 2.34 bits per heavy atom. The second-order valence-corrected chi connectivity index (χ2v) is 13.0. The lowest BCUT2D eigenvalue weighted by Gasteiger charge is -2.33.